The molecule has 1 aromatic carbocycles. The number of aromatic nitrogens is 2. The van der Waals surface area contributed by atoms with Crippen molar-refractivity contribution in [1.82, 2.24) is 14.9 Å². The van der Waals surface area contributed by atoms with E-state index >= 15 is 0 Å². The van der Waals surface area contributed by atoms with Crippen LogP contribution >= 0.6 is 11.6 Å². The first-order chi connectivity index (χ1) is 10.2. The molecule has 0 spiro atoms. The van der Waals surface area contributed by atoms with Crippen LogP contribution in [0.2, 0.25) is 5.02 Å². The summed E-state index contributed by atoms with van der Waals surface area (Å²) >= 11 is 5.99. The highest BCUT2D eigenvalue weighted by molar-refractivity contribution is 6.30. The first-order valence-electron chi connectivity index (χ1n) is 6.69. The fourth-order valence-electron chi connectivity index (χ4n) is 2.21. The zero-order valence-electron chi connectivity index (χ0n) is 11.3. The van der Waals surface area contributed by atoms with Crippen LogP contribution in [0.3, 0.4) is 0 Å². The van der Waals surface area contributed by atoms with Crippen molar-refractivity contribution in [2.45, 2.75) is 0 Å². The average molecular weight is 304 g/mol. The number of carbonyl (C=O) groups excluding carboxylic acids is 1. The normalized spacial score (nSPS) is 15.0. The van der Waals surface area contributed by atoms with Gasteiger partial charge in [0.2, 0.25) is 0 Å². The maximum Gasteiger partial charge on any atom is 0.272 e. The van der Waals surface area contributed by atoms with E-state index in [1.165, 1.54) is 6.33 Å². The Morgan fingerprint density at radius 3 is 2.76 bits per heavy atom. The number of nitrogens with zero attached hydrogens (tertiary/aromatic N) is 3. The number of hydrogen-bond acceptors (Lipinski definition) is 4. The van der Waals surface area contributed by atoms with Gasteiger partial charge in [-0.15, -0.1) is 0 Å². The molecule has 3 rings (SSSR count). The van der Waals surface area contributed by atoms with Crippen LogP contribution in [0.4, 0.5) is 0 Å². The van der Waals surface area contributed by atoms with Crippen LogP contribution in [0, 0.1) is 0 Å². The SMILES string of the molecule is O=C(c1cc(-c2cccc(Cl)c2)ncn1)N1CCOCC1. The van der Waals surface area contributed by atoms with Crippen molar-refractivity contribution in [2.75, 3.05) is 26.3 Å². The lowest BCUT2D eigenvalue weighted by Gasteiger charge is -2.26. The third-order valence-corrected chi connectivity index (χ3v) is 3.54. The summed E-state index contributed by atoms with van der Waals surface area (Å²) in [6, 6.07) is 9.06. The zero-order chi connectivity index (χ0) is 14.7. The monoisotopic (exact) mass is 303 g/mol. The highest BCUT2D eigenvalue weighted by Crippen LogP contribution is 2.21. The van der Waals surface area contributed by atoms with Crippen LogP contribution in [0.5, 0.6) is 0 Å². The molecule has 1 amide bonds. The molecule has 0 saturated carbocycles. The lowest BCUT2D eigenvalue weighted by Crippen LogP contribution is -2.41. The Labute approximate surface area is 127 Å². The molecule has 1 fully saturated rings. The van der Waals surface area contributed by atoms with E-state index in [-0.39, 0.29) is 5.91 Å². The van der Waals surface area contributed by atoms with Gasteiger partial charge in [0, 0.05) is 23.7 Å². The van der Waals surface area contributed by atoms with Gasteiger partial charge in [-0.05, 0) is 18.2 Å². The summed E-state index contributed by atoms with van der Waals surface area (Å²) in [5.74, 6) is -0.0935. The fraction of sp³-hybridized carbons (Fsp3) is 0.267. The van der Waals surface area contributed by atoms with Gasteiger partial charge in [-0.1, -0.05) is 23.7 Å². The van der Waals surface area contributed by atoms with Crippen molar-refractivity contribution in [3.8, 4) is 11.3 Å². The zero-order valence-corrected chi connectivity index (χ0v) is 12.1. The molecule has 1 aliphatic rings. The summed E-state index contributed by atoms with van der Waals surface area (Å²) in [6.07, 6.45) is 1.41. The molecule has 0 aliphatic carbocycles. The van der Waals surface area contributed by atoms with Crippen LogP contribution in [0.1, 0.15) is 10.5 Å². The van der Waals surface area contributed by atoms with E-state index in [1.54, 1.807) is 17.0 Å². The minimum atomic E-state index is -0.0935. The molecule has 1 aliphatic heterocycles. The van der Waals surface area contributed by atoms with Gasteiger partial charge >= 0.3 is 0 Å². The van der Waals surface area contributed by atoms with E-state index in [1.807, 2.05) is 18.2 Å². The second-order valence-corrected chi connectivity index (χ2v) is 5.14. The third-order valence-electron chi connectivity index (χ3n) is 3.30. The second-order valence-electron chi connectivity index (χ2n) is 4.70. The fourth-order valence-corrected chi connectivity index (χ4v) is 2.40. The first-order valence-corrected chi connectivity index (χ1v) is 7.07. The van der Waals surface area contributed by atoms with Crippen LogP contribution in [-0.2, 0) is 4.74 Å². The molecule has 0 N–H and O–H groups in total. The van der Waals surface area contributed by atoms with Crippen molar-refractivity contribution in [2.24, 2.45) is 0 Å². The van der Waals surface area contributed by atoms with E-state index in [0.29, 0.717) is 42.7 Å². The summed E-state index contributed by atoms with van der Waals surface area (Å²) in [6.45, 7) is 2.32. The predicted molar refractivity (Wildman–Crippen MR) is 79.2 cm³/mol. The van der Waals surface area contributed by atoms with Crippen LogP contribution in [-0.4, -0.2) is 47.1 Å². The molecule has 1 saturated heterocycles. The largest absolute Gasteiger partial charge is 0.378 e. The average Bonchev–Trinajstić information content (AvgIpc) is 2.55. The van der Waals surface area contributed by atoms with Gasteiger partial charge in [0.15, 0.2) is 0 Å². The number of halogens is 1. The third kappa shape index (κ3) is 3.20. The topological polar surface area (TPSA) is 55.3 Å². The van der Waals surface area contributed by atoms with Gasteiger partial charge in [-0.3, -0.25) is 4.79 Å². The summed E-state index contributed by atoms with van der Waals surface area (Å²) < 4.78 is 5.25. The molecule has 0 radical (unpaired) electrons. The molecule has 0 atom stereocenters. The molecular formula is C15H14ClN3O2. The van der Waals surface area contributed by atoms with E-state index in [2.05, 4.69) is 9.97 Å². The maximum atomic E-state index is 12.4. The molecule has 21 heavy (non-hydrogen) atoms. The van der Waals surface area contributed by atoms with Crippen molar-refractivity contribution >= 4 is 17.5 Å². The molecule has 1 aromatic heterocycles. The number of ether oxygens (including phenoxy) is 1. The van der Waals surface area contributed by atoms with Crippen LogP contribution < -0.4 is 0 Å². The Morgan fingerprint density at radius 2 is 2.00 bits per heavy atom. The number of morpholine rings is 1. The molecule has 2 heterocycles. The summed E-state index contributed by atoms with van der Waals surface area (Å²) in [4.78, 5) is 22.4. The van der Waals surface area contributed by atoms with Gasteiger partial charge < -0.3 is 9.64 Å². The summed E-state index contributed by atoms with van der Waals surface area (Å²) in [5, 5.41) is 0.632. The molecular weight excluding hydrogens is 290 g/mol. The van der Waals surface area contributed by atoms with E-state index in [9.17, 15) is 4.79 Å². The van der Waals surface area contributed by atoms with Crippen molar-refractivity contribution in [3.05, 3.63) is 47.4 Å². The van der Waals surface area contributed by atoms with Gasteiger partial charge in [0.25, 0.3) is 5.91 Å². The van der Waals surface area contributed by atoms with E-state index in [0.717, 1.165) is 5.56 Å². The predicted octanol–water partition coefficient (Wildman–Crippen LogP) is 2.27. The Hall–Kier alpha value is -1.98. The molecule has 108 valence electrons. The smallest absolute Gasteiger partial charge is 0.272 e. The Balaban J connectivity index is 1.87. The highest BCUT2D eigenvalue weighted by Gasteiger charge is 2.20. The number of benzene rings is 1. The Bertz CT molecular complexity index is 657. The van der Waals surface area contributed by atoms with Crippen molar-refractivity contribution < 1.29 is 9.53 Å². The first kappa shape index (κ1) is 14.0. The van der Waals surface area contributed by atoms with E-state index < -0.39 is 0 Å². The van der Waals surface area contributed by atoms with Gasteiger partial charge in [-0.2, -0.15) is 0 Å². The molecule has 2 aromatic rings. The number of amides is 1. The second kappa shape index (κ2) is 6.20. The molecule has 0 bridgehead atoms. The number of carbonyl (C=O) groups is 1. The maximum absolute atomic E-state index is 12.4. The minimum absolute atomic E-state index is 0.0935. The van der Waals surface area contributed by atoms with Crippen LogP contribution in [0.15, 0.2) is 36.7 Å². The van der Waals surface area contributed by atoms with E-state index in [4.69, 9.17) is 16.3 Å². The highest BCUT2D eigenvalue weighted by atomic mass is 35.5. The summed E-state index contributed by atoms with van der Waals surface area (Å²) in [5.41, 5.74) is 1.94. The molecule has 0 unspecified atom stereocenters. The van der Waals surface area contributed by atoms with Gasteiger partial charge in [-0.25, -0.2) is 9.97 Å². The minimum Gasteiger partial charge on any atom is -0.378 e. The summed E-state index contributed by atoms with van der Waals surface area (Å²) in [7, 11) is 0. The Morgan fingerprint density at radius 1 is 1.19 bits per heavy atom. The molecule has 6 heteroatoms. The quantitative estimate of drug-likeness (QED) is 0.854. The lowest BCUT2D eigenvalue weighted by atomic mass is 10.1. The van der Waals surface area contributed by atoms with Crippen molar-refractivity contribution in [1.29, 1.82) is 0 Å². The van der Waals surface area contributed by atoms with Gasteiger partial charge in [0.1, 0.15) is 12.0 Å². The Kier molecular flexibility index (Phi) is 4.13. The standard InChI is InChI=1S/C15H14ClN3O2/c16-12-3-1-2-11(8-12)13-9-14(18-10-17-13)15(20)19-4-6-21-7-5-19/h1-3,8-10H,4-7H2. The van der Waals surface area contributed by atoms with Gasteiger partial charge in [0.05, 0.1) is 18.9 Å². The number of hydrogen-bond donors (Lipinski definition) is 0. The molecule has 5 nitrogen and oxygen atoms in total. The lowest BCUT2D eigenvalue weighted by molar-refractivity contribution is 0.0299. The van der Waals surface area contributed by atoms with Crippen LogP contribution in [0.25, 0.3) is 11.3 Å². The number of rotatable bonds is 2. The van der Waals surface area contributed by atoms with Crippen molar-refractivity contribution in [3.63, 3.8) is 0 Å².